The van der Waals surface area contributed by atoms with Crippen LogP contribution in [0.2, 0.25) is 0 Å². The third-order valence-electron chi connectivity index (χ3n) is 4.96. The van der Waals surface area contributed by atoms with E-state index in [1.807, 2.05) is 19.1 Å². The fourth-order valence-electron chi connectivity index (χ4n) is 3.35. The number of hydrogen-bond acceptors (Lipinski definition) is 4. The number of sulfonamides is 1. The number of anilines is 1. The molecule has 3 N–H and O–H groups in total. The van der Waals surface area contributed by atoms with Crippen LogP contribution >= 0.6 is 0 Å². The second kappa shape index (κ2) is 8.10. The molecule has 27 heavy (non-hydrogen) atoms. The molecule has 1 heterocycles. The molecule has 1 saturated heterocycles. The molecule has 1 fully saturated rings. The fourth-order valence-corrected chi connectivity index (χ4v) is 4.48. The van der Waals surface area contributed by atoms with Crippen molar-refractivity contribution in [3.8, 4) is 0 Å². The van der Waals surface area contributed by atoms with Gasteiger partial charge in [-0.3, -0.25) is 9.52 Å². The normalized spacial score (nSPS) is 17.6. The van der Waals surface area contributed by atoms with Gasteiger partial charge in [0.1, 0.15) is 0 Å². The van der Waals surface area contributed by atoms with Crippen LogP contribution in [0, 0.1) is 6.92 Å². The maximum absolute atomic E-state index is 12.8. The highest BCUT2D eigenvalue weighted by Gasteiger charge is 2.26. The first-order valence-electron chi connectivity index (χ1n) is 9.12. The Morgan fingerprint density at radius 3 is 2.52 bits per heavy atom. The van der Waals surface area contributed by atoms with Gasteiger partial charge in [-0.2, -0.15) is 0 Å². The minimum Gasteiger partial charge on any atom is -0.334 e. The molecule has 1 unspecified atom stereocenters. The Hall–Kier alpha value is -2.38. The van der Waals surface area contributed by atoms with Gasteiger partial charge in [-0.05, 0) is 62.1 Å². The van der Waals surface area contributed by atoms with Crippen molar-refractivity contribution >= 4 is 21.6 Å². The van der Waals surface area contributed by atoms with Crippen LogP contribution in [0.5, 0.6) is 0 Å². The SMILES string of the molecule is Cc1ccccc1NS(=O)(=O)c1ccc(C(=O)N2CCCCC2CN)cc1. The van der Waals surface area contributed by atoms with E-state index in [9.17, 15) is 13.2 Å². The van der Waals surface area contributed by atoms with Crippen LogP contribution in [-0.4, -0.2) is 38.4 Å². The van der Waals surface area contributed by atoms with Crippen LogP contribution in [0.1, 0.15) is 35.2 Å². The third-order valence-corrected chi connectivity index (χ3v) is 6.34. The number of aryl methyl sites for hydroxylation is 1. The molecule has 1 aliphatic rings. The first kappa shape index (κ1) is 19.4. The van der Waals surface area contributed by atoms with Crippen molar-refractivity contribution in [1.82, 2.24) is 4.90 Å². The summed E-state index contributed by atoms with van der Waals surface area (Å²) in [5.41, 5.74) is 7.65. The highest BCUT2D eigenvalue weighted by Crippen LogP contribution is 2.22. The topological polar surface area (TPSA) is 92.5 Å². The summed E-state index contributed by atoms with van der Waals surface area (Å²) >= 11 is 0. The zero-order valence-electron chi connectivity index (χ0n) is 15.4. The zero-order chi connectivity index (χ0) is 19.4. The molecule has 1 amide bonds. The van der Waals surface area contributed by atoms with Crippen molar-refractivity contribution in [3.05, 3.63) is 59.7 Å². The van der Waals surface area contributed by atoms with Crippen LogP contribution < -0.4 is 10.5 Å². The van der Waals surface area contributed by atoms with Crippen molar-refractivity contribution in [2.45, 2.75) is 37.1 Å². The maximum atomic E-state index is 12.8. The van der Waals surface area contributed by atoms with Crippen LogP contribution in [0.15, 0.2) is 53.4 Å². The molecule has 6 nitrogen and oxygen atoms in total. The second-order valence-corrected chi connectivity index (χ2v) is 8.51. The predicted octanol–water partition coefficient (Wildman–Crippen LogP) is 2.75. The Kier molecular flexibility index (Phi) is 5.82. The Morgan fingerprint density at radius 2 is 1.85 bits per heavy atom. The van der Waals surface area contributed by atoms with Gasteiger partial charge in [0.25, 0.3) is 15.9 Å². The summed E-state index contributed by atoms with van der Waals surface area (Å²) in [7, 11) is -3.71. The van der Waals surface area contributed by atoms with E-state index in [0.29, 0.717) is 24.3 Å². The van der Waals surface area contributed by atoms with Gasteiger partial charge in [0, 0.05) is 24.7 Å². The highest BCUT2D eigenvalue weighted by molar-refractivity contribution is 7.92. The zero-order valence-corrected chi connectivity index (χ0v) is 16.2. The number of carbonyl (C=O) groups excluding carboxylic acids is 1. The molecule has 0 radical (unpaired) electrons. The monoisotopic (exact) mass is 387 g/mol. The summed E-state index contributed by atoms with van der Waals surface area (Å²) < 4.78 is 27.8. The van der Waals surface area contributed by atoms with Crippen molar-refractivity contribution in [3.63, 3.8) is 0 Å². The average Bonchev–Trinajstić information content (AvgIpc) is 2.69. The number of para-hydroxylation sites is 1. The first-order valence-corrected chi connectivity index (χ1v) is 10.6. The van der Waals surface area contributed by atoms with E-state index < -0.39 is 10.0 Å². The van der Waals surface area contributed by atoms with Gasteiger partial charge < -0.3 is 10.6 Å². The quantitative estimate of drug-likeness (QED) is 0.825. The van der Waals surface area contributed by atoms with Gasteiger partial charge in [0.15, 0.2) is 0 Å². The summed E-state index contributed by atoms with van der Waals surface area (Å²) in [4.78, 5) is 14.7. The molecule has 7 heteroatoms. The minimum atomic E-state index is -3.71. The number of rotatable bonds is 5. The summed E-state index contributed by atoms with van der Waals surface area (Å²) in [6, 6.07) is 13.3. The second-order valence-electron chi connectivity index (χ2n) is 6.83. The number of amides is 1. The molecule has 0 spiro atoms. The molecule has 1 atom stereocenters. The number of piperidine rings is 1. The predicted molar refractivity (Wildman–Crippen MR) is 106 cm³/mol. The molecular weight excluding hydrogens is 362 g/mol. The van der Waals surface area contributed by atoms with E-state index in [-0.39, 0.29) is 16.8 Å². The average molecular weight is 388 g/mol. The third kappa shape index (κ3) is 4.31. The fraction of sp³-hybridized carbons (Fsp3) is 0.350. The number of hydrogen-bond donors (Lipinski definition) is 2. The van der Waals surface area contributed by atoms with Crippen molar-refractivity contribution in [2.24, 2.45) is 5.73 Å². The summed E-state index contributed by atoms with van der Waals surface area (Å²) in [5, 5.41) is 0. The number of nitrogens with zero attached hydrogens (tertiary/aromatic N) is 1. The van der Waals surface area contributed by atoms with Crippen LogP contribution in [0.4, 0.5) is 5.69 Å². The van der Waals surface area contributed by atoms with E-state index in [2.05, 4.69) is 4.72 Å². The lowest BCUT2D eigenvalue weighted by Gasteiger charge is -2.35. The van der Waals surface area contributed by atoms with Gasteiger partial charge in [-0.25, -0.2) is 8.42 Å². The van der Waals surface area contributed by atoms with Gasteiger partial charge in [0.2, 0.25) is 0 Å². The van der Waals surface area contributed by atoms with Crippen LogP contribution in [0.25, 0.3) is 0 Å². The number of likely N-dealkylation sites (tertiary alicyclic amines) is 1. The summed E-state index contributed by atoms with van der Waals surface area (Å²) in [6.45, 7) is 2.97. The number of nitrogens with two attached hydrogens (primary N) is 1. The molecule has 0 aliphatic carbocycles. The van der Waals surface area contributed by atoms with Gasteiger partial charge in [0.05, 0.1) is 10.6 Å². The van der Waals surface area contributed by atoms with Crippen LogP contribution in [0.3, 0.4) is 0 Å². The number of carbonyl (C=O) groups is 1. The van der Waals surface area contributed by atoms with E-state index in [1.54, 1.807) is 29.2 Å². The van der Waals surface area contributed by atoms with Crippen molar-refractivity contribution < 1.29 is 13.2 Å². The standard InChI is InChI=1S/C20H25N3O3S/c1-15-6-2-3-8-19(15)22-27(25,26)18-11-9-16(10-12-18)20(24)23-13-5-4-7-17(23)14-21/h2-3,6,8-12,17,22H,4-5,7,13-14,21H2,1H3. The molecule has 1 aliphatic heterocycles. The van der Waals surface area contributed by atoms with E-state index in [0.717, 1.165) is 24.8 Å². The smallest absolute Gasteiger partial charge is 0.261 e. The summed E-state index contributed by atoms with van der Waals surface area (Å²) in [5.74, 6) is -0.0963. The molecule has 0 bridgehead atoms. The molecular formula is C20H25N3O3S. The van der Waals surface area contributed by atoms with Crippen molar-refractivity contribution in [2.75, 3.05) is 17.8 Å². The minimum absolute atomic E-state index is 0.0531. The lowest BCUT2D eigenvalue weighted by atomic mass is 10.0. The molecule has 0 aromatic heterocycles. The van der Waals surface area contributed by atoms with Gasteiger partial charge >= 0.3 is 0 Å². The lowest BCUT2D eigenvalue weighted by Crippen LogP contribution is -2.47. The number of nitrogens with one attached hydrogen (secondary N) is 1. The molecule has 2 aromatic carbocycles. The van der Waals surface area contributed by atoms with Gasteiger partial charge in [-0.1, -0.05) is 18.2 Å². The van der Waals surface area contributed by atoms with E-state index in [4.69, 9.17) is 5.73 Å². The van der Waals surface area contributed by atoms with Crippen LogP contribution in [-0.2, 0) is 10.0 Å². The largest absolute Gasteiger partial charge is 0.334 e. The molecule has 144 valence electrons. The Bertz CT molecular complexity index is 910. The molecule has 2 aromatic rings. The first-order chi connectivity index (χ1) is 12.9. The maximum Gasteiger partial charge on any atom is 0.261 e. The summed E-state index contributed by atoms with van der Waals surface area (Å²) in [6.07, 6.45) is 2.96. The highest BCUT2D eigenvalue weighted by atomic mass is 32.2. The van der Waals surface area contributed by atoms with E-state index >= 15 is 0 Å². The lowest BCUT2D eigenvalue weighted by molar-refractivity contribution is 0.0623. The number of benzene rings is 2. The van der Waals surface area contributed by atoms with Gasteiger partial charge in [-0.15, -0.1) is 0 Å². The van der Waals surface area contributed by atoms with E-state index in [1.165, 1.54) is 12.1 Å². The Labute approximate surface area is 160 Å². The molecule has 3 rings (SSSR count). The Balaban J connectivity index is 1.78. The van der Waals surface area contributed by atoms with Crippen molar-refractivity contribution in [1.29, 1.82) is 0 Å². The Morgan fingerprint density at radius 1 is 1.15 bits per heavy atom. The molecule has 0 saturated carbocycles.